The first-order valence-electron chi connectivity index (χ1n) is 7.76. The average Bonchev–Trinajstić information content (AvgIpc) is 2.57. The summed E-state index contributed by atoms with van der Waals surface area (Å²) in [6, 6.07) is 12.3. The van der Waals surface area contributed by atoms with Crippen LogP contribution in [0.2, 0.25) is 0 Å². The van der Waals surface area contributed by atoms with Gasteiger partial charge in [0.2, 0.25) is 0 Å². The molecular formula is C17H22N4O. The molecule has 0 radical (unpaired) electrons. The number of nitrogens with one attached hydrogen (secondary N) is 1. The molecule has 0 amide bonds. The smallest absolute Gasteiger partial charge is 0.148 e. The number of anilines is 1. The van der Waals surface area contributed by atoms with Crippen LogP contribution >= 0.6 is 0 Å². The largest absolute Gasteiger partial charge is 0.379 e. The van der Waals surface area contributed by atoms with Gasteiger partial charge in [-0.25, -0.2) is 0 Å². The minimum atomic E-state index is 0.823. The van der Waals surface area contributed by atoms with E-state index in [9.17, 15) is 0 Å². The molecule has 2 heterocycles. The van der Waals surface area contributed by atoms with Crippen LogP contribution in [0.3, 0.4) is 0 Å². The SMILES string of the molecule is Cc1ccc(-c2ccc(NCCN3CCOCC3)nn2)cc1. The lowest BCUT2D eigenvalue weighted by molar-refractivity contribution is 0.0398. The molecule has 1 aliphatic rings. The van der Waals surface area contributed by atoms with Crippen molar-refractivity contribution < 1.29 is 4.74 Å². The van der Waals surface area contributed by atoms with E-state index in [1.165, 1.54) is 5.56 Å². The zero-order valence-electron chi connectivity index (χ0n) is 13.0. The van der Waals surface area contributed by atoms with Gasteiger partial charge >= 0.3 is 0 Å². The van der Waals surface area contributed by atoms with Crippen molar-refractivity contribution in [1.29, 1.82) is 0 Å². The predicted octanol–water partition coefficient (Wildman–Crippen LogP) is 2.20. The van der Waals surface area contributed by atoms with E-state index in [1.807, 2.05) is 12.1 Å². The molecule has 2 aromatic rings. The second-order valence-corrected chi connectivity index (χ2v) is 5.55. The van der Waals surface area contributed by atoms with Gasteiger partial charge in [-0.3, -0.25) is 4.90 Å². The summed E-state index contributed by atoms with van der Waals surface area (Å²) in [6.07, 6.45) is 0. The fourth-order valence-corrected chi connectivity index (χ4v) is 2.47. The third-order valence-electron chi connectivity index (χ3n) is 3.85. The summed E-state index contributed by atoms with van der Waals surface area (Å²) in [4.78, 5) is 2.39. The molecular weight excluding hydrogens is 276 g/mol. The molecule has 1 N–H and O–H groups in total. The molecule has 1 fully saturated rings. The molecule has 0 aliphatic carbocycles. The normalized spacial score (nSPS) is 15.7. The number of aryl methyl sites for hydroxylation is 1. The number of hydrogen-bond acceptors (Lipinski definition) is 5. The highest BCUT2D eigenvalue weighted by molar-refractivity contribution is 5.59. The minimum absolute atomic E-state index is 0.823. The summed E-state index contributed by atoms with van der Waals surface area (Å²) in [6.45, 7) is 7.66. The third kappa shape index (κ3) is 4.02. The molecule has 3 rings (SSSR count). The van der Waals surface area contributed by atoms with Crippen molar-refractivity contribution in [3.63, 3.8) is 0 Å². The van der Waals surface area contributed by atoms with Crippen molar-refractivity contribution in [2.75, 3.05) is 44.7 Å². The summed E-state index contributed by atoms with van der Waals surface area (Å²) >= 11 is 0. The standard InChI is InChI=1S/C17H22N4O/c1-14-2-4-15(5-3-14)16-6-7-17(20-19-16)18-8-9-21-10-12-22-13-11-21/h2-7H,8-13H2,1H3,(H,18,20). The van der Waals surface area contributed by atoms with Gasteiger partial charge in [-0.2, -0.15) is 0 Å². The van der Waals surface area contributed by atoms with Gasteiger partial charge in [0, 0.05) is 31.7 Å². The Morgan fingerprint density at radius 2 is 1.82 bits per heavy atom. The predicted molar refractivity (Wildman–Crippen MR) is 88.0 cm³/mol. The van der Waals surface area contributed by atoms with E-state index in [-0.39, 0.29) is 0 Å². The first-order valence-corrected chi connectivity index (χ1v) is 7.76. The van der Waals surface area contributed by atoms with Crippen LogP contribution in [0, 0.1) is 6.92 Å². The average molecular weight is 298 g/mol. The lowest BCUT2D eigenvalue weighted by Crippen LogP contribution is -2.39. The van der Waals surface area contributed by atoms with Crippen LogP contribution in [-0.2, 0) is 4.74 Å². The van der Waals surface area contributed by atoms with Crippen molar-refractivity contribution in [2.24, 2.45) is 0 Å². The van der Waals surface area contributed by atoms with Crippen molar-refractivity contribution in [1.82, 2.24) is 15.1 Å². The second kappa shape index (κ2) is 7.33. The molecule has 1 saturated heterocycles. The summed E-state index contributed by atoms with van der Waals surface area (Å²) in [5.74, 6) is 0.823. The van der Waals surface area contributed by atoms with Gasteiger partial charge in [0.05, 0.1) is 18.9 Å². The highest BCUT2D eigenvalue weighted by atomic mass is 16.5. The van der Waals surface area contributed by atoms with E-state index in [0.717, 1.165) is 56.5 Å². The lowest BCUT2D eigenvalue weighted by Gasteiger charge is -2.26. The molecule has 0 saturated carbocycles. The van der Waals surface area contributed by atoms with Crippen molar-refractivity contribution >= 4 is 5.82 Å². The van der Waals surface area contributed by atoms with Gasteiger partial charge in [-0.05, 0) is 19.1 Å². The Balaban J connectivity index is 1.51. The van der Waals surface area contributed by atoms with E-state index < -0.39 is 0 Å². The quantitative estimate of drug-likeness (QED) is 0.917. The Morgan fingerprint density at radius 1 is 1.05 bits per heavy atom. The zero-order chi connectivity index (χ0) is 15.2. The maximum atomic E-state index is 5.34. The van der Waals surface area contributed by atoms with Gasteiger partial charge in [-0.15, -0.1) is 10.2 Å². The van der Waals surface area contributed by atoms with Crippen molar-refractivity contribution in [2.45, 2.75) is 6.92 Å². The summed E-state index contributed by atoms with van der Waals surface area (Å²) in [5, 5.41) is 11.9. The molecule has 116 valence electrons. The maximum Gasteiger partial charge on any atom is 0.148 e. The lowest BCUT2D eigenvalue weighted by atomic mass is 10.1. The topological polar surface area (TPSA) is 50.3 Å². The molecule has 1 aromatic carbocycles. The molecule has 0 unspecified atom stereocenters. The van der Waals surface area contributed by atoms with Gasteiger partial charge in [0.1, 0.15) is 5.82 Å². The number of nitrogens with zero attached hydrogens (tertiary/aromatic N) is 3. The van der Waals surface area contributed by atoms with Crippen LogP contribution in [0.4, 0.5) is 5.82 Å². The van der Waals surface area contributed by atoms with E-state index in [4.69, 9.17) is 4.74 Å². The monoisotopic (exact) mass is 298 g/mol. The number of hydrogen-bond donors (Lipinski definition) is 1. The molecule has 5 nitrogen and oxygen atoms in total. The summed E-state index contributed by atoms with van der Waals surface area (Å²) < 4.78 is 5.34. The fourth-order valence-electron chi connectivity index (χ4n) is 2.47. The van der Waals surface area contributed by atoms with Crippen LogP contribution in [0.5, 0.6) is 0 Å². The maximum absolute atomic E-state index is 5.34. The van der Waals surface area contributed by atoms with E-state index in [1.54, 1.807) is 0 Å². The van der Waals surface area contributed by atoms with E-state index in [0.29, 0.717) is 0 Å². The summed E-state index contributed by atoms with van der Waals surface area (Å²) in [7, 11) is 0. The number of aromatic nitrogens is 2. The Kier molecular flexibility index (Phi) is 4.98. The Labute approximate surface area is 131 Å². The second-order valence-electron chi connectivity index (χ2n) is 5.55. The first kappa shape index (κ1) is 14.9. The fraction of sp³-hybridized carbons (Fsp3) is 0.412. The molecule has 5 heteroatoms. The van der Waals surface area contributed by atoms with Crippen molar-refractivity contribution in [3.8, 4) is 11.3 Å². The van der Waals surface area contributed by atoms with Gasteiger partial charge < -0.3 is 10.1 Å². The van der Waals surface area contributed by atoms with Gasteiger partial charge in [0.15, 0.2) is 0 Å². The highest BCUT2D eigenvalue weighted by Gasteiger charge is 2.09. The number of benzene rings is 1. The van der Waals surface area contributed by atoms with E-state index >= 15 is 0 Å². The first-order chi connectivity index (χ1) is 10.8. The highest BCUT2D eigenvalue weighted by Crippen LogP contribution is 2.17. The number of morpholine rings is 1. The summed E-state index contributed by atoms with van der Waals surface area (Å²) in [5.41, 5.74) is 3.25. The Morgan fingerprint density at radius 3 is 2.50 bits per heavy atom. The Bertz CT molecular complexity index is 577. The molecule has 22 heavy (non-hydrogen) atoms. The molecule has 1 aliphatic heterocycles. The van der Waals surface area contributed by atoms with Crippen LogP contribution in [-0.4, -0.2) is 54.5 Å². The van der Waals surface area contributed by atoms with Crippen LogP contribution in [0.25, 0.3) is 11.3 Å². The molecule has 0 atom stereocenters. The number of ether oxygens (including phenoxy) is 1. The molecule has 0 spiro atoms. The number of rotatable bonds is 5. The zero-order valence-corrected chi connectivity index (χ0v) is 13.0. The van der Waals surface area contributed by atoms with Gasteiger partial charge in [-0.1, -0.05) is 29.8 Å². The van der Waals surface area contributed by atoms with E-state index in [2.05, 4.69) is 51.6 Å². The van der Waals surface area contributed by atoms with Crippen LogP contribution in [0.15, 0.2) is 36.4 Å². The van der Waals surface area contributed by atoms with Crippen LogP contribution in [0.1, 0.15) is 5.56 Å². The Hall–Kier alpha value is -1.98. The minimum Gasteiger partial charge on any atom is -0.379 e. The molecule has 0 bridgehead atoms. The van der Waals surface area contributed by atoms with Crippen molar-refractivity contribution in [3.05, 3.63) is 42.0 Å². The van der Waals surface area contributed by atoms with Crippen LogP contribution < -0.4 is 5.32 Å². The van der Waals surface area contributed by atoms with Gasteiger partial charge in [0.25, 0.3) is 0 Å². The molecule has 1 aromatic heterocycles. The third-order valence-corrected chi connectivity index (χ3v) is 3.85.